The molecule has 0 saturated heterocycles. The van der Waals surface area contributed by atoms with E-state index in [1.807, 2.05) is 0 Å². The van der Waals surface area contributed by atoms with Crippen molar-refractivity contribution in [1.29, 1.82) is 0 Å². The fraction of sp³-hybridized carbons (Fsp3) is 0.100. The fourth-order valence-electron chi connectivity index (χ4n) is 1.98. The lowest BCUT2D eigenvalue weighted by molar-refractivity contribution is -0.141. The van der Waals surface area contributed by atoms with Crippen LogP contribution in [0.5, 0.6) is 17.2 Å². The van der Waals surface area contributed by atoms with Crippen LogP contribution in [0.3, 0.4) is 0 Å². The van der Waals surface area contributed by atoms with Gasteiger partial charge >= 0.3 is 5.97 Å². The summed E-state index contributed by atoms with van der Waals surface area (Å²) in [6, 6.07) is 10.9. The van der Waals surface area contributed by atoms with Gasteiger partial charge in [0.1, 0.15) is 5.75 Å². The van der Waals surface area contributed by atoms with Gasteiger partial charge in [-0.2, -0.15) is 0 Å². The Balaban J connectivity index is 1.84. The van der Waals surface area contributed by atoms with Gasteiger partial charge < -0.3 is 19.7 Å². The van der Waals surface area contributed by atoms with Crippen LogP contribution in [0, 0.1) is 0 Å². The number of esters is 1. The molecule has 0 heterocycles. The Bertz CT molecular complexity index is 834. The zero-order valence-corrected chi connectivity index (χ0v) is 14.1. The fourth-order valence-corrected chi connectivity index (χ4v) is 1.98. The molecule has 2 N–H and O–H groups in total. The molecule has 0 aliphatic heterocycles. The summed E-state index contributed by atoms with van der Waals surface area (Å²) in [5, 5.41) is 18.7. The average molecular weight is 354 g/mol. The maximum Gasteiger partial charge on any atom is 0.331 e. The minimum absolute atomic E-state index is 0.00493. The summed E-state index contributed by atoms with van der Waals surface area (Å²) in [6.45, 7) is -0.384. The maximum absolute atomic E-state index is 11.8. The minimum atomic E-state index is -0.647. The lowest BCUT2D eigenvalue weighted by Crippen LogP contribution is -2.09. The summed E-state index contributed by atoms with van der Waals surface area (Å²) < 4.78 is 9.84. The maximum atomic E-state index is 11.8. The molecule has 26 heavy (non-hydrogen) atoms. The highest BCUT2D eigenvalue weighted by Gasteiger charge is 2.04. The standard InChI is InChI=1S/C20H18O6/c1-25-19-12-15(5-10-18(19)23)4-9-17(22)13-26-20(24)11-6-14-2-7-16(21)8-3-14/h2-12,21,23H,13H2,1H3. The van der Waals surface area contributed by atoms with E-state index in [0.717, 1.165) is 0 Å². The smallest absolute Gasteiger partial charge is 0.331 e. The zero-order valence-electron chi connectivity index (χ0n) is 14.1. The second kappa shape index (κ2) is 9.08. The molecule has 6 heteroatoms. The van der Waals surface area contributed by atoms with Crippen molar-refractivity contribution in [1.82, 2.24) is 0 Å². The third kappa shape index (κ3) is 5.83. The Hall–Kier alpha value is -3.54. The molecule has 0 unspecified atom stereocenters. The van der Waals surface area contributed by atoms with Crippen LogP contribution in [0.2, 0.25) is 0 Å². The van der Waals surface area contributed by atoms with Crippen LogP contribution < -0.4 is 4.74 Å². The number of hydrogen-bond donors (Lipinski definition) is 2. The van der Waals surface area contributed by atoms with Crippen molar-refractivity contribution in [3.63, 3.8) is 0 Å². The molecule has 0 aliphatic rings. The normalized spacial score (nSPS) is 11.0. The van der Waals surface area contributed by atoms with Crippen LogP contribution in [0.1, 0.15) is 11.1 Å². The van der Waals surface area contributed by atoms with Gasteiger partial charge in [0.15, 0.2) is 23.9 Å². The van der Waals surface area contributed by atoms with Gasteiger partial charge in [0, 0.05) is 6.08 Å². The molecule has 0 bridgehead atoms. The van der Waals surface area contributed by atoms with E-state index in [1.165, 1.54) is 49.6 Å². The Morgan fingerprint density at radius 3 is 2.31 bits per heavy atom. The van der Waals surface area contributed by atoms with Gasteiger partial charge in [0.2, 0.25) is 0 Å². The molecule has 0 atom stereocenters. The Morgan fingerprint density at radius 2 is 1.62 bits per heavy atom. The highest BCUT2D eigenvalue weighted by Crippen LogP contribution is 2.26. The summed E-state index contributed by atoms with van der Waals surface area (Å²) in [5.74, 6) is -0.598. The van der Waals surface area contributed by atoms with Gasteiger partial charge in [-0.25, -0.2) is 4.79 Å². The van der Waals surface area contributed by atoms with Gasteiger partial charge in [-0.15, -0.1) is 0 Å². The number of aromatic hydroxyl groups is 2. The number of carbonyl (C=O) groups is 2. The Morgan fingerprint density at radius 1 is 0.962 bits per heavy atom. The number of methoxy groups -OCH3 is 1. The third-order valence-corrected chi connectivity index (χ3v) is 3.33. The first-order chi connectivity index (χ1) is 12.5. The van der Waals surface area contributed by atoms with Gasteiger partial charge in [-0.05, 0) is 47.5 Å². The number of phenolic OH excluding ortho intramolecular Hbond substituents is 2. The predicted octanol–water partition coefficient (Wildman–Crippen LogP) is 2.95. The van der Waals surface area contributed by atoms with E-state index >= 15 is 0 Å². The molecule has 6 nitrogen and oxygen atoms in total. The molecule has 0 amide bonds. The molecular formula is C20H18O6. The SMILES string of the molecule is COc1cc(C=CC(=O)COC(=O)C=Cc2ccc(O)cc2)ccc1O. The number of ketones is 1. The van der Waals surface area contributed by atoms with Crippen LogP contribution in [-0.2, 0) is 14.3 Å². The predicted molar refractivity (Wildman–Crippen MR) is 96.8 cm³/mol. The highest BCUT2D eigenvalue weighted by atomic mass is 16.5. The molecule has 0 spiro atoms. The van der Waals surface area contributed by atoms with E-state index < -0.39 is 5.97 Å². The van der Waals surface area contributed by atoms with E-state index in [0.29, 0.717) is 16.9 Å². The number of hydrogen-bond acceptors (Lipinski definition) is 6. The van der Waals surface area contributed by atoms with E-state index in [1.54, 1.807) is 24.3 Å². The van der Waals surface area contributed by atoms with Crippen LogP contribution in [0.25, 0.3) is 12.2 Å². The quantitative estimate of drug-likeness (QED) is 0.587. The van der Waals surface area contributed by atoms with Crippen LogP contribution in [-0.4, -0.2) is 35.7 Å². The first kappa shape index (κ1) is 18.8. The number of benzene rings is 2. The van der Waals surface area contributed by atoms with Crippen LogP contribution in [0.4, 0.5) is 0 Å². The van der Waals surface area contributed by atoms with E-state index in [-0.39, 0.29) is 23.9 Å². The van der Waals surface area contributed by atoms with Crippen molar-refractivity contribution in [2.45, 2.75) is 0 Å². The molecule has 0 radical (unpaired) electrons. The molecule has 2 rings (SSSR count). The van der Waals surface area contributed by atoms with Crippen molar-refractivity contribution in [3.05, 3.63) is 65.7 Å². The zero-order chi connectivity index (χ0) is 18.9. The van der Waals surface area contributed by atoms with E-state index in [9.17, 15) is 19.8 Å². The van der Waals surface area contributed by atoms with Gasteiger partial charge in [0.05, 0.1) is 7.11 Å². The summed E-state index contributed by atoms with van der Waals surface area (Å²) in [4.78, 5) is 23.4. The van der Waals surface area contributed by atoms with Crippen molar-refractivity contribution in [3.8, 4) is 17.2 Å². The average Bonchev–Trinajstić information content (AvgIpc) is 2.65. The number of rotatable bonds is 7. The first-order valence-electron chi connectivity index (χ1n) is 7.69. The number of ether oxygens (including phenoxy) is 2. The van der Waals surface area contributed by atoms with E-state index in [4.69, 9.17) is 9.47 Å². The topological polar surface area (TPSA) is 93.1 Å². The van der Waals surface area contributed by atoms with Gasteiger partial charge in [-0.3, -0.25) is 4.79 Å². The number of phenols is 2. The largest absolute Gasteiger partial charge is 0.508 e. The summed E-state index contributed by atoms with van der Waals surface area (Å²) in [7, 11) is 1.43. The Kier molecular flexibility index (Phi) is 6.56. The monoisotopic (exact) mass is 354 g/mol. The Labute approximate surface area is 150 Å². The molecule has 2 aromatic rings. The van der Waals surface area contributed by atoms with Crippen molar-refractivity contribution in [2.24, 2.45) is 0 Å². The van der Waals surface area contributed by atoms with Gasteiger partial charge in [-0.1, -0.05) is 24.3 Å². The van der Waals surface area contributed by atoms with Crippen molar-refractivity contribution >= 4 is 23.9 Å². The van der Waals surface area contributed by atoms with Crippen molar-refractivity contribution < 1.29 is 29.3 Å². The van der Waals surface area contributed by atoms with E-state index in [2.05, 4.69) is 0 Å². The molecule has 2 aromatic carbocycles. The lowest BCUT2D eigenvalue weighted by Gasteiger charge is -2.03. The molecular weight excluding hydrogens is 336 g/mol. The number of carbonyl (C=O) groups excluding carboxylic acids is 2. The molecule has 0 saturated carbocycles. The van der Waals surface area contributed by atoms with Crippen molar-refractivity contribution in [2.75, 3.05) is 13.7 Å². The van der Waals surface area contributed by atoms with Crippen LogP contribution in [0.15, 0.2) is 54.6 Å². The van der Waals surface area contributed by atoms with Crippen LogP contribution >= 0.6 is 0 Å². The second-order valence-electron chi connectivity index (χ2n) is 5.26. The summed E-state index contributed by atoms with van der Waals surface area (Å²) in [5.41, 5.74) is 1.37. The first-order valence-corrected chi connectivity index (χ1v) is 7.69. The second-order valence-corrected chi connectivity index (χ2v) is 5.26. The summed E-state index contributed by atoms with van der Waals surface area (Å²) in [6.07, 6.45) is 5.53. The minimum Gasteiger partial charge on any atom is -0.508 e. The third-order valence-electron chi connectivity index (χ3n) is 3.33. The highest BCUT2D eigenvalue weighted by molar-refractivity contribution is 5.96. The summed E-state index contributed by atoms with van der Waals surface area (Å²) >= 11 is 0. The molecule has 134 valence electrons. The molecule has 0 aromatic heterocycles. The lowest BCUT2D eigenvalue weighted by atomic mass is 10.1. The van der Waals surface area contributed by atoms with Gasteiger partial charge in [0.25, 0.3) is 0 Å². The molecule has 0 aliphatic carbocycles. The molecule has 0 fully saturated rings.